The number of benzene rings is 2. The van der Waals surface area contributed by atoms with Gasteiger partial charge in [0.15, 0.2) is 0 Å². The first-order valence-electron chi connectivity index (χ1n) is 6.84. The van der Waals surface area contributed by atoms with Crippen LogP contribution in [0.15, 0.2) is 46.9 Å². The standard InChI is InChI=1S/C17H16BrNO/c18-16-11-13(12-20)5-6-17(16)19-9-7-14-3-1-2-4-15(14)8-10-19/h1-6,11-12H,7-10H2. The van der Waals surface area contributed by atoms with Gasteiger partial charge in [-0.2, -0.15) is 0 Å². The zero-order valence-corrected chi connectivity index (χ0v) is 12.8. The Hall–Kier alpha value is -1.61. The minimum absolute atomic E-state index is 0.707. The summed E-state index contributed by atoms with van der Waals surface area (Å²) in [5, 5.41) is 0. The third-order valence-electron chi connectivity index (χ3n) is 3.87. The molecule has 3 rings (SSSR count). The predicted molar refractivity (Wildman–Crippen MR) is 85.6 cm³/mol. The molecule has 0 aliphatic carbocycles. The average molecular weight is 330 g/mol. The molecule has 2 nitrogen and oxygen atoms in total. The van der Waals surface area contributed by atoms with Crippen LogP contribution in [0, 0.1) is 0 Å². The molecule has 0 spiro atoms. The summed E-state index contributed by atoms with van der Waals surface area (Å²) < 4.78 is 0.994. The van der Waals surface area contributed by atoms with Crippen LogP contribution in [0.3, 0.4) is 0 Å². The van der Waals surface area contributed by atoms with Gasteiger partial charge in [0.1, 0.15) is 6.29 Å². The van der Waals surface area contributed by atoms with Gasteiger partial charge in [0.05, 0.1) is 5.69 Å². The number of aldehydes is 1. The Morgan fingerprint density at radius 2 is 1.65 bits per heavy atom. The van der Waals surface area contributed by atoms with E-state index in [1.54, 1.807) is 0 Å². The average Bonchev–Trinajstić information content (AvgIpc) is 2.70. The molecule has 0 amide bonds. The van der Waals surface area contributed by atoms with Crippen molar-refractivity contribution in [2.75, 3.05) is 18.0 Å². The van der Waals surface area contributed by atoms with Crippen LogP contribution >= 0.6 is 15.9 Å². The summed E-state index contributed by atoms with van der Waals surface area (Å²) in [7, 11) is 0. The molecule has 0 saturated heterocycles. The van der Waals surface area contributed by atoms with Gasteiger partial charge in [0.25, 0.3) is 0 Å². The number of anilines is 1. The van der Waals surface area contributed by atoms with Crippen molar-refractivity contribution in [3.8, 4) is 0 Å². The monoisotopic (exact) mass is 329 g/mol. The van der Waals surface area contributed by atoms with Gasteiger partial charge in [-0.15, -0.1) is 0 Å². The van der Waals surface area contributed by atoms with Crippen LogP contribution in [0.25, 0.3) is 0 Å². The molecular formula is C17H16BrNO. The van der Waals surface area contributed by atoms with Crippen molar-refractivity contribution in [1.82, 2.24) is 0 Å². The molecular weight excluding hydrogens is 314 g/mol. The lowest BCUT2D eigenvalue weighted by molar-refractivity contribution is 0.112. The summed E-state index contributed by atoms with van der Waals surface area (Å²) in [5.41, 5.74) is 4.79. The fraction of sp³-hybridized carbons (Fsp3) is 0.235. The molecule has 1 aliphatic rings. The van der Waals surface area contributed by atoms with E-state index >= 15 is 0 Å². The van der Waals surface area contributed by atoms with E-state index in [1.807, 2.05) is 18.2 Å². The van der Waals surface area contributed by atoms with Crippen LogP contribution in [0.5, 0.6) is 0 Å². The van der Waals surface area contributed by atoms with Crippen LogP contribution in [0.4, 0.5) is 5.69 Å². The predicted octanol–water partition coefficient (Wildman–Crippen LogP) is 3.87. The summed E-state index contributed by atoms with van der Waals surface area (Å²) >= 11 is 3.58. The number of hydrogen-bond donors (Lipinski definition) is 0. The molecule has 20 heavy (non-hydrogen) atoms. The lowest BCUT2D eigenvalue weighted by atomic mass is 10.0. The van der Waals surface area contributed by atoms with E-state index in [9.17, 15) is 4.79 Å². The Kier molecular flexibility index (Phi) is 3.88. The number of hydrogen-bond acceptors (Lipinski definition) is 2. The van der Waals surface area contributed by atoms with Gasteiger partial charge in [-0.3, -0.25) is 4.79 Å². The Morgan fingerprint density at radius 1 is 1.00 bits per heavy atom. The molecule has 0 N–H and O–H groups in total. The molecule has 3 heteroatoms. The van der Waals surface area contributed by atoms with E-state index in [1.165, 1.54) is 16.8 Å². The van der Waals surface area contributed by atoms with Crippen LogP contribution in [-0.2, 0) is 12.8 Å². The normalized spacial score (nSPS) is 14.6. The van der Waals surface area contributed by atoms with Crippen LogP contribution < -0.4 is 4.90 Å². The third-order valence-corrected chi connectivity index (χ3v) is 4.50. The van der Waals surface area contributed by atoms with Crippen LogP contribution in [0.2, 0.25) is 0 Å². The number of carbonyl (C=O) groups is 1. The number of nitrogens with zero attached hydrogens (tertiary/aromatic N) is 1. The molecule has 1 heterocycles. The van der Waals surface area contributed by atoms with Crippen LogP contribution in [-0.4, -0.2) is 19.4 Å². The largest absolute Gasteiger partial charge is 0.370 e. The SMILES string of the molecule is O=Cc1ccc(N2CCc3ccccc3CC2)c(Br)c1. The number of rotatable bonds is 2. The maximum absolute atomic E-state index is 10.8. The van der Waals surface area contributed by atoms with E-state index in [0.717, 1.165) is 36.7 Å². The van der Waals surface area contributed by atoms with E-state index in [0.29, 0.717) is 5.56 Å². The second-order valence-corrected chi connectivity index (χ2v) is 5.94. The van der Waals surface area contributed by atoms with Gasteiger partial charge in [0, 0.05) is 23.1 Å². The fourth-order valence-electron chi connectivity index (χ4n) is 2.76. The fourth-order valence-corrected chi connectivity index (χ4v) is 3.41. The lowest BCUT2D eigenvalue weighted by Gasteiger charge is -2.24. The quantitative estimate of drug-likeness (QED) is 0.779. The summed E-state index contributed by atoms with van der Waals surface area (Å²) in [4.78, 5) is 13.2. The highest BCUT2D eigenvalue weighted by Gasteiger charge is 2.15. The van der Waals surface area contributed by atoms with Gasteiger partial charge >= 0.3 is 0 Å². The number of carbonyl (C=O) groups excluding carboxylic acids is 1. The Balaban J connectivity index is 1.85. The van der Waals surface area contributed by atoms with Crippen molar-refractivity contribution >= 4 is 27.9 Å². The molecule has 0 aromatic heterocycles. The first-order valence-corrected chi connectivity index (χ1v) is 7.63. The zero-order chi connectivity index (χ0) is 13.9. The molecule has 0 unspecified atom stereocenters. The Morgan fingerprint density at radius 3 is 2.20 bits per heavy atom. The molecule has 0 saturated carbocycles. The first kappa shape index (κ1) is 13.4. The van der Waals surface area contributed by atoms with Gasteiger partial charge < -0.3 is 4.90 Å². The molecule has 0 radical (unpaired) electrons. The van der Waals surface area contributed by atoms with Crippen LogP contribution in [0.1, 0.15) is 21.5 Å². The third kappa shape index (κ3) is 2.63. The molecule has 2 aromatic carbocycles. The smallest absolute Gasteiger partial charge is 0.150 e. The zero-order valence-electron chi connectivity index (χ0n) is 11.2. The van der Waals surface area contributed by atoms with Crippen molar-refractivity contribution < 1.29 is 4.79 Å². The Bertz CT molecular complexity index is 612. The number of halogens is 1. The summed E-state index contributed by atoms with van der Waals surface area (Å²) in [6.07, 6.45) is 3.02. The molecule has 0 atom stereocenters. The second kappa shape index (κ2) is 5.80. The summed E-state index contributed by atoms with van der Waals surface area (Å²) in [6.45, 7) is 2.02. The van der Waals surface area contributed by atoms with Gasteiger partial charge in [-0.25, -0.2) is 0 Å². The summed E-state index contributed by atoms with van der Waals surface area (Å²) in [5.74, 6) is 0. The Labute approximate surface area is 127 Å². The lowest BCUT2D eigenvalue weighted by Crippen LogP contribution is -2.26. The van der Waals surface area contributed by atoms with E-state index < -0.39 is 0 Å². The van der Waals surface area contributed by atoms with E-state index in [-0.39, 0.29) is 0 Å². The van der Waals surface area contributed by atoms with E-state index in [4.69, 9.17) is 0 Å². The first-order chi connectivity index (χ1) is 9.78. The summed E-state index contributed by atoms with van der Waals surface area (Å²) in [6, 6.07) is 14.5. The van der Waals surface area contributed by atoms with Crippen molar-refractivity contribution in [1.29, 1.82) is 0 Å². The molecule has 1 aliphatic heterocycles. The maximum atomic E-state index is 10.8. The molecule has 2 aromatic rings. The molecule has 102 valence electrons. The highest BCUT2D eigenvalue weighted by atomic mass is 79.9. The molecule has 0 bridgehead atoms. The number of fused-ring (bicyclic) bond motifs is 1. The topological polar surface area (TPSA) is 20.3 Å². The van der Waals surface area contributed by atoms with E-state index in [2.05, 4.69) is 45.1 Å². The van der Waals surface area contributed by atoms with Crippen molar-refractivity contribution in [3.63, 3.8) is 0 Å². The minimum atomic E-state index is 0.707. The molecule has 0 fully saturated rings. The maximum Gasteiger partial charge on any atom is 0.150 e. The van der Waals surface area contributed by atoms with Crippen molar-refractivity contribution in [3.05, 3.63) is 63.6 Å². The minimum Gasteiger partial charge on any atom is -0.370 e. The second-order valence-electron chi connectivity index (χ2n) is 5.08. The van der Waals surface area contributed by atoms with Gasteiger partial charge in [-0.1, -0.05) is 24.3 Å². The highest BCUT2D eigenvalue weighted by molar-refractivity contribution is 9.10. The highest BCUT2D eigenvalue weighted by Crippen LogP contribution is 2.29. The van der Waals surface area contributed by atoms with Crippen molar-refractivity contribution in [2.45, 2.75) is 12.8 Å². The van der Waals surface area contributed by atoms with Gasteiger partial charge in [-0.05, 0) is 58.1 Å². The van der Waals surface area contributed by atoms with Gasteiger partial charge in [0.2, 0.25) is 0 Å². The van der Waals surface area contributed by atoms with Crippen molar-refractivity contribution in [2.24, 2.45) is 0 Å².